The SMILES string of the molecule is CC(C)(CO[Si](C)(C)C(C)(C)C)Cc1ccn(COCC[Si](C)(C)C)n1. The van der Waals surface area contributed by atoms with E-state index in [0.29, 0.717) is 6.73 Å². The van der Waals surface area contributed by atoms with Gasteiger partial charge in [-0.1, -0.05) is 54.3 Å². The van der Waals surface area contributed by atoms with Crippen molar-refractivity contribution < 1.29 is 9.16 Å². The fourth-order valence-corrected chi connectivity index (χ4v) is 4.18. The molecular formula is C20H42N2O2Si2. The molecule has 1 aromatic rings. The Balaban J connectivity index is 2.49. The lowest BCUT2D eigenvalue weighted by atomic mass is 9.89. The molecule has 0 atom stereocenters. The minimum Gasteiger partial charge on any atom is -0.416 e. The van der Waals surface area contributed by atoms with Crippen molar-refractivity contribution in [1.29, 1.82) is 0 Å². The summed E-state index contributed by atoms with van der Waals surface area (Å²) < 4.78 is 14.1. The first-order valence-electron chi connectivity index (χ1n) is 9.85. The van der Waals surface area contributed by atoms with Gasteiger partial charge in [-0.3, -0.25) is 0 Å². The van der Waals surface area contributed by atoms with Crippen LogP contribution in [0.2, 0.25) is 43.8 Å². The normalized spacial score (nSPS) is 14.1. The molecule has 0 aliphatic carbocycles. The van der Waals surface area contributed by atoms with Gasteiger partial charge in [0.2, 0.25) is 0 Å². The summed E-state index contributed by atoms with van der Waals surface area (Å²) in [4.78, 5) is 0. The number of ether oxygens (including phenoxy) is 1. The van der Waals surface area contributed by atoms with Gasteiger partial charge < -0.3 is 9.16 Å². The standard InChI is InChI=1S/C20H42N2O2Si2/c1-19(2,3)26(9,10)24-16-20(4,5)15-18-11-12-22(21-18)17-23-13-14-25(6,7)8/h11-12H,13-17H2,1-10H3. The Hall–Kier alpha value is -0.436. The van der Waals surface area contributed by atoms with Crippen molar-refractivity contribution in [2.75, 3.05) is 13.2 Å². The van der Waals surface area contributed by atoms with Gasteiger partial charge in [0, 0.05) is 27.5 Å². The zero-order valence-electron chi connectivity index (χ0n) is 18.9. The monoisotopic (exact) mass is 398 g/mol. The van der Waals surface area contributed by atoms with Crippen LogP contribution in [0.1, 0.15) is 40.3 Å². The van der Waals surface area contributed by atoms with E-state index in [0.717, 1.165) is 25.3 Å². The topological polar surface area (TPSA) is 36.3 Å². The fraction of sp³-hybridized carbons (Fsp3) is 0.850. The van der Waals surface area contributed by atoms with Crippen molar-refractivity contribution in [3.63, 3.8) is 0 Å². The molecule has 6 heteroatoms. The zero-order valence-corrected chi connectivity index (χ0v) is 20.9. The number of aromatic nitrogens is 2. The van der Waals surface area contributed by atoms with Crippen LogP contribution in [0.3, 0.4) is 0 Å². The van der Waals surface area contributed by atoms with Crippen LogP contribution in [0.15, 0.2) is 12.3 Å². The Bertz CT molecular complexity index is 555. The molecule has 0 N–H and O–H groups in total. The van der Waals surface area contributed by atoms with E-state index in [9.17, 15) is 0 Å². The van der Waals surface area contributed by atoms with Crippen LogP contribution in [-0.2, 0) is 22.3 Å². The van der Waals surface area contributed by atoms with E-state index in [1.165, 1.54) is 6.04 Å². The summed E-state index contributed by atoms with van der Waals surface area (Å²) in [6.45, 7) is 25.3. The summed E-state index contributed by atoms with van der Waals surface area (Å²) >= 11 is 0. The first kappa shape index (κ1) is 23.6. The van der Waals surface area contributed by atoms with E-state index in [4.69, 9.17) is 9.16 Å². The summed E-state index contributed by atoms with van der Waals surface area (Å²) in [6, 6.07) is 3.30. The fourth-order valence-electron chi connectivity index (χ4n) is 2.24. The van der Waals surface area contributed by atoms with E-state index in [2.05, 4.69) is 78.5 Å². The second-order valence-electron chi connectivity index (χ2n) is 11.1. The summed E-state index contributed by atoms with van der Waals surface area (Å²) in [6.07, 6.45) is 2.94. The van der Waals surface area contributed by atoms with E-state index in [-0.39, 0.29) is 10.5 Å². The second kappa shape index (κ2) is 8.71. The Morgan fingerprint density at radius 3 is 2.19 bits per heavy atom. The number of hydrogen-bond donors (Lipinski definition) is 0. The molecule has 0 aliphatic heterocycles. The minimum atomic E-state index is -1.71. The van der Waals surface area contributed by atoms with Crippen molar-refractivity contribution in [2.24, 2.45) is 5.41 Å². The van der Waals surface area contributed by atoms with E-state index >= 15 is 0 Å². The van der Waals surface area contributed by atoms with Crippen molar-refractivity contribution in [1.82, 2.24) is 9.78 Å². The van der Waals surface area contributed by atoms with Gasteiger partial charge in [0.15, 0.2) is 8.32 Å². The van der Waals surface area contributed by atoms with Crippen LogP contribution in [0, 0.1) is 5.41 Å². The first-order valence-corrected chi connectivity index (χ1v) is 16.5. The molecule has 0 spiro atoms. The molecule has 0 unspecified atom stereocenters. The largest absolute Gasteiger partial charge is 0.416 e. The molecule has 1 heterocycles. The maximum atomic E-state index is 6.43. The van der Waals surface area contributed by atoms with Gasteiger partial charge in [0.25, 0.3) is 0 Å². The molecule has 152 valence electrons. The molecule has 26 heavy (non-hydrogen) atoms. The van der Waals surface area contributed by atoms with Gasteiger partial charge in [-0.15, -0.1) is 0 Å². The van der Waals surface area contributed by atoms with Crippen LogP contribution >= 0.6 is 0 Å². The van der Waals surface area contributed by atoms with Crippen molar-refractivity contribution in [2.45, 2.75) is 91.6 Å². The maximum absolute atomic E-state index is 6.43. The van der Waals surface area contributed by atoms with Crippen LogP contribution in [-0.4, -0.2) is 39.4 Å². The summed E-state index contributed by atoms with van der Waals surface area (Å²) in [5, 5.41) is 4.93. The molecule has 1 rings (SSSR count). The molecular weight excluding hydrogens is 356 g/mol. The van der Waals surface area contributed by atoms with Crippen molar-refractivity contribution in [3.05, 3.63) is 18.0 Å². The molecule has 0 saturated carbocycles. The highest BCUT2D eigenvalue weighted by molar-refractivity contribution is 6.76. The number of rotatable bonds is 10. The third kappa shape index (κ3) is 8.50. The van der Waals surface area contributed by atoms with Crippen LogP contribution in [0.25, 0.3) is 0 Å². The molecule has 0 saturated heterocycles. The molecule has 4 nitrogen and oxygen atoms in total. The Morgan fingerprint density at radius 1 is 1.04 bits per heavy atom. The van der Waals surface area contributed by atoms with Crippen molar-refractivity contribution in [3.8, 4) is 0 Å². The predicted molar refractivity (Wildman–Crippen MR) is 117 cm³/mol. The Kier molecular flexibility index (Phi) is 7.91. The maximum Gasteiger partial charge on any atom is 0.192 e. The lowest BCUT2D eigenvalue weighted by molar-refractivity contribution is 0.0779. The van der Waals surface area contributed by atoms with Gasteiger partial charge in [0.05, 0.1) is 5.69 Å². The lowest BCUT2D eigenvalue weighted by Crippen LogP contribution is -2.43. The highest BCUT2D eigenvalue weighted by Gasteiger charge is 2.38. The van der Waals surface area contributed by atoms with E-state index in [1.54, 1.807) is 0 Å². The molecule has 0 aromatic carbocycles. The molecule has 0 amide bonds. The lowest BCUT2D eigenvalue weighted by Gasteiger charge is -2.39. The van der Waals surface area contributed by atoms with Crippen LogP contribution in [0.5, 0.6) is 0 Å². The van der Waals surface area contributed by atoms with Crippen molar-refractivity contribution >= 4 is 16.4 Å². The highest BCUT2D eigenvalue weighted by atomic mass is 28.4. The van der Waals surface area contributed by atoms with Gasteiger partial charge in [-0.05, 0) is 42.1 Å². The van der Waals surface area contributed by atoms with E-state index < -0.39 is 16.4 Å². The third-order valence-electron chi connectivity index (χ3n) is 5.21. The molecule has 0 bridgehead atoms. The quantitative estimate of drug-likeness (QED) is 0.370. The van der Waals surface area contributed by atoms with Gasteiger partial charge in [-0.25, -0.2) is 4.68 Å². The second-order valence-corrected chi connectivity index (χ2v) is 21.5. The number of hydrogen-bond acceptors (Lipinski definition) is 3. The summed E-state index contributed by atoms with van der Waals surface area (Å²) in [7, 11) is -2.73. The molecule has 1 aromatic heterocycles. The number of nitrogens with zero attached hydrogens (tertiary/aromatic N) is 2. The highest BCUT2D eigenvalue weighted by Crippen LogP contribution is 2.38. The van der Waals surface area contributed by atoms with Gasteiger partial charge in [0.1, 0.15) is 6.73 Å². The predicted octanol–water partition coefficient (Wildman–Crippen LogP) is 5.79. The van der Waals surface area contributed by atoms with Gasteiger partial charge in [-0.2, -0.15) is 5.10 Å². The third-order valence-corrected chi connectivity index (χ3v) is 11.4. The van der Waals surface area contributed by atoms with Crippen LogP contribution in [0.4, 0.5) is 0 Å². The summed E-state index contributed by atoms with van der Waals surface area (Å²) in [5.41, 5.74) is 1.19. The molecule has 0 fully saturated rings. The molecule has 0 aliphatic rings. The summed E-state index contributed by atoms with van der Waals surface area (Å²) in [5.74, 6) is 0. The van der Waals surface area contributed by atoms with E-state index in [1.807, 2.05) is 10.9 Å². The average Bonchev–Trinajstić information content (AvgIpc) is 2.86. The Morgan fingerprint density at radius 2 is 1.65 bits per heavy atom. The molecule has 0 radical (unpaired) electrons. The zero-order chi connectivity index (χ0) is 20.2. The smallest absolute Gasteiger partial charge is 0.192 e. The van der Waals surface area contributed by atoms with Crippen LogP contribution < -0.4 is 0 Å². The first-order chi connectivity index (χ1) is 11.6. The van der Waals surface area contributed by atoms with Gasteiger partial charge >= 0.3 is 0 Å². The average molecular weight is 399 g/mol. The minimum absolute atomic E-state index is 0.0768. The Labute approximate surface area is 163 Å².